The maximum absolute atomic E-state index is 11.6. The van der Waals surface area contributed by atoms with E-state index in [2.05, 4.69) is 0 Å². The first-order valence-electron chi connectivity index (χ1n) is 7.00. The van der Waals surface area contributed by atoms with Gasteiger partial charge in [-0.3, -0.25) is 4.79 Å². The first kappa shape index (κ1) is 19.5. The van der Waals surface area contributed by atoms with E-state index in [0.29, 0.717) is 5.75 Å². The summed E-state index contributed by atoms with van der Waals surface area (Å²) in [5.41, 5.74) is 7.06. The highest BCUT2D eigenvalue weighted by atomic mass is 35.5. The number of benzene rings is 2. The maximum Gasteiger partial charge on any atom is 0.514 e. The number of nitrogens with two attached hydrogens (primary N) is 1. The monoisotopic (exact) mass is 351 g/mol. The van der Waals surface area contributed by atoms with Gasteiger partial charge in [0.15, 0.2) is 0 Å². The third-order valence-electron chi connectivity index (χ3n) is 3.10. The van der Waals surface area contributed by atoms with Crippen LogP contribution in [0.5, 0.6) is 5.75 Å². The highest BCUT2D eigenvalue weighted by Gasteiger charge is 2.12. The lowest BCUT2D eigenvalue weighted by molar-refractivity contribution is -0.138. The Morgan fingerprint density at radius 2 is 1.62 bits per heavy atom. The second-order valence-corrected chi connectivity index (χ2v) is 4.92. The number of hydrogen-bond donors (Lipinski definition) is 2. The Morgan fingerprint density at radius 1 is 1.00 bits per heavy atom. The third kappa shape index (κ3) is 6.28. The second-order valence-electron chi connectivity index (χ2n) is 4.92. The van der Waals surface area contributed by atoms with Crippen molar-refractivity contribution < 1.29 is 24.2 Å². The largest absolute Gasteiger partial charge is 0.514 e. The summed E-state index contributed by atoms with van der Waals surface area (Å²) in [5, 5.41) is 8.76. The van der Waals surface area contributed by atoms with Crippen LogP contribution >= 0.6 is 12.4 Å². The van der Waals surface area contributed by atoms with E-state index < -0.39 is 18.2 Å². The maximum atomic E-state index is 11.6. The van der Waals surface area contributed by atoms with Gasteiger partial charge in [-0.2, -0.15) is 0 Å². The van der Waals surface area contributed by atoms with E-state index in [1.165, 1.54) is 0 Å². The molecule has 0 aromatic heterocycles. The van der Waals surface area contributed by atoms with Crippen molar-refractivity contribution >= 4 is 24.5 Å². The van der Waals surface area contributed by atoms with Crippen LogP contribution < -0.4 is 10.5 Å². The minimum atomic E-state index is -1.06. The molecule has 7 heteroatoms. The van der Waals surface area contributed by atoms with Crippen LogP contribution in [0, 0.1) is 0 Å². The summed E-state index contributed by atoms with van der Waals surface area (Å²) < 4.78 is 10.0. The zero-order valence-corrected chi connectivity index (χ0v) is 13.6. The molecule has 0 unspecified atom stereocenters. The van der Waals surface area contributed by atoms with Crippen molar-refractivity contribution in [1.29, 1.82) is 0 Å². The lowest BCUT2D eigenvalue weighted by atomic mass is 10.1. The van der Waals surface area contributed by atoms with Crippen LogP contribution in [0.2, 0.25) is 0 Å². The number of rotatable bonds is 6. The van der Waals surface area contributed by atoms with Crippen molar-refractivity contribution in [3.63, 3.8) is 0 Å². The van der Waals surface area contributed by atoms with Gasteiger partial charge in [0.2, 0.25) is 0 Å². The van der Waals surface area contributed by atoms with Gasteiger partial charge in [-0.1, -0.05) is 42.5 Å². The SMILES string of the molecule is Cl.N[C@@H](Cc1ccc(OC(=O)OCc2ccccc2)cc1)C(=O)O. The molecular formula is C17H18ClNO5. The summed E-state index contributed by atoms with van der Waals surface area (Å²) >= 11 is 0. The van der Waals surface area contributed by atoms with Crippen LogP contribution in [0.3, 0.4) is 0 Å². The molecule has 0 aliphatic rings. The number of halogens is 1. The molecule has 0 aliphatic carbocycles. The molecule has 1 atom stereocenters. The number of ether oxygens (including phenoxy) is 2. The summed E-state index contributed by atoms with van der Waals surface area (Å²) in [6.07, 6.45) is -0.600. The zero-order valence-electron chi connectivity index (χ0n) is 12.8. The Kier molecular flexibility index (Phi) is 7.74. The molecule has 0 fully saturated rings. The first-order valence-corrected chi connectivity index (χ1v) is 7.00. The van der Waals surface area contributed by atoms with Crippen molar-refractivity contribution in [3.8, 4) is 5.75 Å². The second kappa shape index (κ2) is 9.54. The Hall–Kier alpha value is -2.57. The fourth-order valence-electron chi connectivity index (χ4n) is 1.88. The lowest BCUT2D eigenvalue weighted by Crippen LogP contribution is -2.32. The number of carboxylic acids is 1. The smallest absolute Gasteiger partial charge is 0.480 e. The highest BCUT2D eigenvalue weighted by molar-refractivity contribution is 5.85. The third-order valence-corrected chi connectivity index (χ3v) is 3.10. The van der Waals surface area contributed by atoms with E-state index in [0.717, 1.165) is 11.1 Å². The molecule has 0 saturated carbocycles. The van der Waals surface area contributed by atoms with Crippen molar-refractivity contribution in [3.05, 3.63) is 65.7 Å². The van der Waals surface area contributed by atoms with Crippen molar-refractivity contribution in [2.75, 3.05) is 0 Å². The Bertz CT molecular complexity index is 660. The number of carboxylic acid groups (broad SMARTS) is 1. The predicted molar refractivity (Wildman–Crippen MR) is 90.3 cm³/mol. The fraction of sp³-hybridized carbons (Fsp3) is 0.176. The first-order chi connectivity index (χ1) is 11.0. The predicted octanol–water partition coefficient (Wildman–Crippen LogP) is 2.78. The minimum Gasteiger partial charge on any atom is -0.480 e. The lowest BCUT2D eigenvalue weighted by Gasteiger charge is -2.08. The van der Waals surface area contributed by atoms with Crippen LogP contribution in [-0.2, 0) is 22.6 Å². The fourth-order valence-corrected chi connectivity index (χ4v) is 1.88. The van der Waals surface area contributed by atoms with Gasteiger partial charge in [0, 0.05) is 0 Å². The van der Waals surface area contributed by atoms with Crippen molar-refractivity contribution in [1.82, 2.24) is 0 Å². The van der Waals surface area contributed by atoms with Crippen molar-refractivity contribution in [2.24, 2.45) is 5.73 Å². The normalized spacial score (nSPS) is 11.0. The number of aliphatic carboxylic acids is 1. The molecule has 0 radical (unpaired) electrons. The average molecular weight is 352 g/mol. The van der Waals surface area contributed by atoms with Gasteiger partial charge in [-0.05, 0) is 29.7 Å². The van der Waals surface area contributed by atoms with Gasteiger partial charge in [0.05, 0.1) is 0 Å². The quantitative estimate of drug-likeness (QED) is 0.613. The van der Waals surface area contributed by atoms with E-state index in [1.54, 1.807) is 24.3 Å². The molecule has 2 aromatic rings. The molecule has 0 saturated heterocycles. The summed E-state index contributed by atoms with van der Waals surface area (Å²) in [6, 6.07) is 14.7. The summed E-state index contributed by atoms with van der Waals surface area (Å²) in [7, 11) is 0. The highest BCUT2D eigenvalue weighted by Crippen LogP contribution is 2.14. The van der Waals surface area contributed by atoms with Gasteiger partial charge in [-0.15, -0.1) is 12.4 Å². The molecule has 3 N–H and O–H groups in total. The van der Waals surface area contributed by atoms with E-state index in [4.69, 9.17) is 20.3 Å². The Labute approximate surface area is 145 Å². The number of carbonyl (C=O) groups excluding carboxylic acids is 1. The van der Waals surface area contributed by atoms with E-state index >= 15 is 0 Å². The Balaban J connectivity index is 0.00000288. The molecule has 6 nitrogen and oxygen atoms in total. The zero-order chi connectivity index (χ0) is 16.7. The molecule has 128 valence electrons. The molecule has 0 amide bonds. The average Bonchev–Trinajstić information content (AvgIpc) is 2.55. The van der Waals surface area contributed by atoms with Gasteiger partial charge in [0.1, 0.15) is 18.4 Å². The Morgan fingerprint density at radius 3 is 2.21 bits per heavy atom. The molecule has 0 bridgehead atoms. The van der Waals surface area contributed by atoms with Gasteiger partial charge < -0.3 is 20.3 Å². The van der Waals surface area contributed by atoms with Crippen LogP contribution in [0.25, 0.3) is 0 Å². The molecule has 0 heterocycles. The molecule has 0 aliphatic heterocycles. The van der Waals surface area contributed by atoms with E-state index in [9.17, 15) is 9.59 Å². The standard InChI is InChI=1S/C17H17NO5.ClH/c18-15(16(19)20)10-12-6-8-14(9-7-12)23-17(21)22-11-13-4-2-1-3-5-13;/h1-9,15H,10-11,18H2,(H,19,20);1H/t15-;/m0./s1. The van der Waals surface area contributed by atoms with E-state index in [-0.39, 0.29) is 25.4 Å². The van der Waals surface area contributed by atoms with E-state index in [1.807, 2.05) is 30.3 Å². The molecule has 0 spiro atoms. The van der Waals surface area contributed by atoms with Crippen LogP contribution in [0.4, 0.5) is 4.79 Å². The summed E-state index contributed by atoms with van der Waals surface area (Å²) in [4.78, 5) is 22.3. The molecule has 2 aromatic carbocycles. The van der Waals surface area contributed by atoms with Crippen LogP contribution in [-0.4, -0.2) is 23.3 Å². The minimum absolute atomic E-state index is 0. The van der Waals surface area contributed by atoms with Crippen molar-refractivity contribution in [2.45, 2.75) is 19.1 Å². The topological polar surface area (TPSA) is 98.9 Å². The summed E-state index contributed by atoms with van der Waals surface area (Å²) in [5.74, 6) is -0.745. The number of hydrogen-bond acceptors (Lipinski definition) is 5. The molecular weight excluding hydrogens is 334 g/mol. The summed E-state index contributed by atoms with van der Waals surface area (Å²) in [6.45, 7) is 0.130. The molecule has 24 heavy (non-hydrogen) atoms. The van der Waals surface area contributed by atoms with Crippen LogP contribution in [0.15, 0.2) is 54.6 Å². The van der Waals surface area contributed by atoms with Gasteiger partial charge >= 0.3 is 12.1 Å². The number of carbonyl (C=O) groups is 2. The van der Waals surface area contributed by atoms with Gasteiger partial charge in [-0.25, -0.2) is 4.79 Å². The van der Waals surface area contributed by atoms with Crippen LogP contribution in [0.1, 0.15) is 11.1 Å². The van der Waals surface area contributed by atoms with Gasteiger partial charge in [0.25, 0.3) is 0 Å². The molecule has 2 rings (SSSR count).